The molecule has 1 heterocycles. The summed E-state index contributed by atoms with van der Waals surface area (Å²) in [6.07, 6.45) is 3.76. The molecule has 1 heteroatoms. The van der Waals surface area contributed by atoms with E-state index in [-0.39, 0.29) is 0 Å². The highest BCUT2D eigenvalue weighted by Crippen LogP contribution is 2.22. The van der Waals surface area contributed by atoms with Gasteiger partial charge in [-0.2, -0.15) is 0 Å². The van der Waals surface area contributed by atoms with Gasteiger partial charge in [-0.1, -0.05) is 32.2 Å². The summed E-state index contributed by atoms with van der Waals surface area (Å²) in [6, 6.07) is 0. The molecule has 0 aromatic carbocycles. The van der Waals surface area contributed by atoms with Gasteiger partial charge in [0.2, 0.25) is 0 Å². The fraction of sp³-hybridized carbons (Fsp3) is 0.400. The zero-order valence-corrected chi connectivity index (χ0v) is 6.97. The van der Waals surface area contributed by atoms with Crippen LogP contribution in [-0.4, -0.2) is 13.2 Å². The first-order chi connectivity index (χ1) is 5.29. The molecule has 0 bridgehead atoms. The zero-order valence-electron chi connectivity index (χ0n) is 6.97. The molecule has 1 atom stereocenters. The van der Waals surface area contributed by atoms with Gasteiger partial charge in [-0.15, -0.1) is 0 Å². The van der Waals surface area contributed by atoms with Crippen LogP contribution in [-0.2, 0) is 4.74 Å². The van der Waals surface area contributed by atoms with Crippen LogP contribution in [0.5, 0.6) is 0 Å². The number of rotatable bonds is 2. The van der Waals surface area contributed by atoms with Gasteiger partial charge in [-0.3, -0.25) is 0 Å². The predicted octanol–water partition coefficient (Wildman–Crippen LogP) is 2.32. The summed E-state index contributed by atoms with van der Waals surface area (Å²) in [5.74, 6) is 0.467. The summed E-state index contributed by atoms with van der Waals surface area (Å²) in [5.41, 5.74) is 2.46. The van der Waals surface area contributed by atoms with Gasteiger partial charge < -0.3 is 4.74 Å². The summed E-state index contributed by atoms with van der Waals surface area (Å²) < 4.78 is 5.34. The molecule has 0 saturated heterocycles. The van der Waals surface area contributed by atoms with Gasteiger partial charge in [0.05, 0.1) is 13.2 Å². The van der Waals surface area contributed by atoms with Crippen molar-refractivity contribution in [3.8, 4) is 0 Å². The zero-order chi connectivity index (χ0) is 8.27. The normalized spacial score (nSPS) is 25.0. The van der Waals surface area contributed by atoms with Crippen LogP contribution >= 0.6 is 0 Å². The topological polar surface area (TPSA) is 9.23 Å². The third-order valence-corrected chi connectivity index (χ3v) is 1.99. The van der Waals surface area contributed by atoms with E-state index >= 15 is 0 Å². The Kier molecular flexibility index (Phi) is 2.66. The van der Waals surface area contributed by atoms with Gasteiger partial charge in [0.15, 0.2) is 0 Å². The summed E-state index contributed by atoms with van der Waals surface area (Å²) in [4.78, 5) is 0. The van der Waals surface area contributed by atoms with Gasteiger partial charge in [-0.25, -0.2) is 0 Å². The number of allylic oxidation sites excluding steroid dienone is 1. The third kappa shape index (κ3) is 1.60. The fourth-order valence-electron chi connectivity index (χ4n) is 1.34. The minimum absolute atomic E-state index is 0.467. The van der Waals surface area contributed by atoms with Gasteiger partial charge in [0, 0.05) is 5.92 Å². The maximum absolute atomic E-state index is 5.34. The van der Waals surface area contributed by atoms with Crippen molar-refractivity contribution >= 4 is 0 Å². The largest absolute Gasteiger partial charge is 0.376 e. The van der Waals surface area contributed by atoms with E-state index in [0.29, 0.717) is 12.5 Å². The lowest BCUT2D eigenvalue weighted by Crippen LogP contribution is -2.17. The monoisotopic (exact) mass is 150 g/mol. The van der Waals surface area contributed by atoms with Crippen molar-refractivity contribution in [2.24, 2.45) is 5.92 Å². The van der Waals surface area contributed by atoms with E-state index in [1.54, 1.807) is 0 Å². The second kappa shape index (κ2) is 3.54. The molecule has 1 aliphatic heterocycles. The van der Waals surface area contributed by atoms with Crippen LogP contribution in [0.15, 0.2) is 36.5 Å². The average molecular weight is 150 g/mol. The molecule has 0 N–H and O–H groups in total. The second-order valence-corrected chi connectivity index (χ2v) is 2.81. The molecule has 0 aliphatic carbocycles. The lowest BCUT2D eigenvalue weighted by atomic mass is 9.94. The molecule has 1 unspecified atom stereocenters. The molecule has 0 aromatic rings. The Morgan fingerprint density at radius 3 is 2.64 bits per heavy atom. The first kappa shape index (κ1) is 8.28. The van der Waals surface area contributed by atoms with Crippen molar-refractivity contribution in [2.75, 3.05) is 13.2 Å². The van der Waals surface area contributed by atoms with Crippen LogP contribution in [0.3, 0.4) is 0 Å². The van der Waals surface area contributed by atoms with Crippen molar-refractivity contribution in [3.63, 3.8) is 0 Å². The minimum atomic E-state index is 0.467. The quantitative estimate of drug-likeness (QED) is 0.587. The highest BCUT2D eigenvalue weighted by molar-refractivity contribution is 5.34. The van der Waals surface area contributed by atoms with E-state index in [4.69, 9.17) is 4.74 Å². The van der Waals surface area contributed by atoms with E-state index in [0.717, 1.165) is 6.61 Å². The van der Waals surface area contributed by atoms with Crippen LogP contribution in [0.2, 0.25) is 0 Å². The minimum Gasteiger partial charge on any atom is -0.376 e. The number of hydrogen-bond donors (Lipinski definition) is 0. The Hall–Kier alpha value is -0.820. The van der Waals surface area contributed by atoms with Crippen LogP contribution < -0.4 is 0 Å². The van der Waals surface area contributed by atoms with Gasteiger partial charge in [-0.05, 0) is 11.1 Å². The highest BCUT2D eigenvalue weighted by Gasteiger charge is 2.15. The molecule has 0 saturated carbocycles. The smallest absolute Gasteiger partial charge is 0.0719 e. The van der Waals surface area contributed by atoms with E-state index in [9.17, 15) is 0 Å². The Morgan fingerprint density at radius 2 is 2.18 bits per heavy atom. The first-order valence-corrected chi connectivity index (χ1v) is 3.85. The molecule has 0 radical (unpaired) electrons. The SMILES string of the molecule is C=CC1=C(C=C)C(C)COC1. The van der Waals surface area contributed by atoms with E-state index in [2.05, 4.69) is 20.1 Å². The number of ether oxygens (including phenoxy) is 1. The van der Waals surface area contributed by atoms with Crippen LogP contribution in [0.25, 0.3) is 0 Å². The molecule has 0 amide bonds. The Labute approximate surface area is 68.1 Å². The standard InChI is InChI=1S/C10H14O/c1-4-9-7-11-6-8(3)10(9)5-2/h4-5,8H,1-2,6-7H2,3H3. The predicted molar refractivity (Wildman–Crippen MR) is 47.4 cm³/mol. The molecule has 11 heavy (non-hydrogen) atoms. The lowest BCUT2D eigenvalue weighted by Gasteiger charge is -2.22. The fourth-order valence-corrected chi connectivity index (χ4v) is 1.34. The molecular weight excluding hydrogens is 136 g/mol. The maximum Gasteiger partial charge on any atom is 0.0719 e. The van der Waals surface area contributed by atoms with E-state index in [1.807, 2.05) is 12.2 Å². The van der Waals surface area contributed by atoms with Gasteiger partial charge in [0.25, 0.3) is 0 Å². The molecule has 1 aliphatic rings. The summed E-state index contributed by atoms with van der Waals surface area (Å²) in [7, 11) is 0. The second-order valence-electron chi connectivity index (χ2n) is 2.81. The van der Waals surface area contributed by atoms with Crippen molar-refractivity contribution in [3.05, 3.63) is 36.5 Å². The molecule has 60 valence electrons. The molecule has 0 aromatic heterocycles. The Balaban J connectivity index is 2.94. The van der Waals surface area contributed by atoms with Crippen molar-refractivity contribution < 1.29 is 4.74 Å². The third-order valence-electron chi connectivity index (χ3n) is 1.99. The maximum atomic E-state index is 5.34. The highest BCUT2D eigenvalue weighted by atomic mass is 16.5. The lowest BCUT2D eigenvalue weighted by molar-refractivity contribution is 0.122. The van der Waals surface area contributed by atoms with Gasteiger partial charge >= 0.3 is 0 Å². The van der Waals surface area contributed by atoms with E-state index < -0.39 is 0 Å². The van der Waals surface area contributed by atoms with Crippen LogP contribution in [0, 0.1) is 5.92 Å². The molecule has 0 spiro atoms. The van der Waals surface area contributed by atoms with Crippen molar-refractivity contribution in [1.29, 1.82) is 0 Å². The van der Waals surface area contributed by atoms with Crippen LogP contribution in [0.1, 0.15) is 6.92 Å². The van der Waals surface area contributed by atoms with Crippen molar-refractivity contribution in [2.45, 2.75) is 6.92 Å². The van der Waals surface area contributed by atoms with E-state index in [1.165, 1.54) is 11.1 Å². The Morgan fingerprint density at radius 1 is 1.45 bits per heavy atom. The molecule has 0 fully saturated rings. The summed E-state index contributed by atoms with van der Waals surface area (Å²) >= 11 is 0. The van der Waals surface area contributed by atoms with Crippen molar-refractivity contribution in [1.82, 2.24) is 0 Å². The first-order valence-electron chi connectivity index (χ1n) is 3.85. The summed E-state index contributed by atoms with van der Waals surface area (Å²) in [6.45, 7) is 11.1. The average Bonchev–Trinajstić information content (AvgIpc) is 2.04. The molecule has 1 rings (SSSR count). The molecular formula is C10H14O. The summed E-state index contributed by atoms with van der Waals surface area (Å²) in [5, 5.41) is 0. The molecule has 1 nitrogen and oxygen atoms in total. The van der Waals surface area contributed by atoms with Crippen LogP contribution in [0.4, 0.5) is 0 Å². The number of hydrogen-bond acceptors (Lipinski definition) is 1. The van der Waals surface area contributed by atoms with Gasteiger partial charge in [0.1, 0.15) is 0 Å². The Bertz CT molecular complexity index is 201.